The fourth-order valence-electron chi connectivity index (χ4n) is 1.18. The maximum Gasteiger partial charge on any atom is 0.287 e. The van der Waals surface area contributed by atoms with Gasteiger partial charge in [0.25, 0.3) is 5.56 Å². The highest BCUT2D eigenvalue weighted by molar-refractivity contribution is 6.32. The molecule has 1 aromatic rings. The predicted molar refractivity (Wildman–Crippen MR) is 67.1 cm³/mol. The van der Waals surface area contributed by atoms with Crippen LogP contribution in [0, 0.1) is 0 Å². The van der Waals surface area contributed by atoms with Gasteiger partial charge in [0, 0.05) is 13.1 Å². The first kappa shape index (κ1) is 12.8. The predicted octanol–water partition coefficient (Wildman–Crippen LogP) is 2.29. The minimum atomic E-state index is -0.258. The Labute approximate surface area is 99.9 Å². The van der Waals surface area contributed by atoms with Gasteiger partial charge in [-0.2, -0.15) is 5.10 Å². The molecule has 4 nitrogen and oxygen atoms in total. The number of anilines is 1. The Morgan fingerprint density at radius 1 is 1.62 bits per heavy atom. The third-order valence-electron chi connectivity index (χ3n) is 2.09. The van der Waals surface area contributed by atoms with E-state index in [0.717, 1.165) is 0 Å². The van der Waals surface area contributed by atoms with Crippen LogP contribution in [0.1, 0.15) is 20.8 Å². The molecule has 0 fully saturated rings. The van der Waals surface area contributed by atoms with Crippen molar-refractivity contribution < 1.29 is 0 Å². The zero-order valence-corrected chi connectivity index (χ0v) is 10.5. The molecule has 0 unspecified atom stereocenters. The van der Waals surface area contributed by atoms with Crippen molar-refractivity contribution in [1.82, 2.24) is 9.78 Å². The Morgan fingerprint density at radius 3 is 2.88 bits per heavy atom. The molecule has 0 aliphatic carbocycles. The second-order valence-corrected chi connectivity index (χ2v) is 4.03. The normalized spacial score (nSPS) is 10.0. The van der Waals surface area contributed by atoms with Crippen LogP contribution in [0.25, 0.3) is 0 Å². The van der Waals surface area contributed by atoms with E-state index in [1.807, 2.05) is 26.8 Å². The summed E-state index contributed by atoms with van der Waals surface area (Å²) in [5.74, 6) is 0. The molecule has 1 rings (SSSR count). The molecule has 1 heterocycles. The average molecular weight is 242 g/mol. The van der Waals surface area contributed by atoms with Gasteiger partial charge in [0.05, 0.1) is 11.9 Å². The van der Waals surface area contributed by atoms with E-state index >= 15 is 0 Å². The van der Waals surface area contributed by atoms with Crippen molar-refractivity contribution in [2.45, 2.75) is 27.3 Å². The van der Waals surface area contributed by atoms with Gasteiger partial charge in [-0.25, -0.2) is 4.68 Å². The van der Waals surface area contributed by atoms with Gasteiger partial charge in [0.1, 0.15) is 5.02 Å². The number of nitrogens with zero attached hydrogens (tertiary/aromatic N) is 2. The molecule has 1 N–H and O–H groups in total. The molecule has 0 atom stereocenters. The van der Waals surface area contributed by atoms with E-state index in [1.54, 1.807) is 6.20 Å². The molecule has 0 saturated heterocycles. The molecule has 0 saturated carbocycles. The summed E-state index contributed by atoms with van der Waals surface area (Å²) in [6.07, 6.45) is 3.59. The van der Waals surface area contributed by atoms with Crippen LogP contribution in [0.15, 0.2) is 22.6 Å². The molecule has 5 heteroatoms. The summed E-state index contributed by atoms with van der Waals surface area (Å²) in [6, 6.07) is 0. The molecule has 0 aromatic carbocycles. The molecule has 1 aromatic heterocycles. The minimum absolute atomic E-state index is 0.194. The zero-order valence-electron chi connectivity index (χ0n) is 9.75. The Bertz CT molecular complexity index is 447. The lowest BCUT2D eigenvalue weighted by atomic mass is 10.3. The quantitative estimate of drug-likeness (QED) is 0.823. The van der Waals surface area contributed by atoms with Crippen LogP contribution in [0.4, 0.5) is 5.69 Å². The summed E-state index contributed by atoms with van der Waals surface area (Å²) in [5.41, 5.74) is 1.53. The largest absolute Gasteiger partial charge is 0.379 e. The van der Waals surface area contributed by atoms with E-state index in [-0.39, 0.29) is 10.6 Å². The average Bonchev–Trinajstić information content (AvgIpc) is 2.24. The van der Waals surface area contributed by atoms with Crippen molar-refractivity contribution in [3.05, 3.63) is 33.2 Å². The third kappa shape index (κ3) is 3.10. The number of aryl methyl sites for hydroxylation is 1. The van der Waals surface area contributed by atoms with E-state index in [1.165, 1.54) is 10.3 Å². The topological polar surface area (TPSA) is 46.9 Å². The van der Waals surface area contributed by atoms with Crippen molar-refractivity contribution in [2.24, 2.45) is 0 Å². The number of rotatable bonds is 4. The van der Waals surface area contributed by atoms with Gasteiger partial charge in [-0.3, -0.25) is 4.79 Å². The van der Waals surface area contributed by atoms with Crippen LogP contribution in [-0.4, -0.2) is 16.3 Å². The Kier molecular flexibility index (Phi) is 4.55. The lowest BCUT2D eigenvalue weighted by Gasteiger charge is -2.07. The summed E-state index contributed by atoms with van der Waals surface area (Å²) >= 11 is 5.94. The fraction of sp³-hybridized carbons (Fsp3) is 0.455. The first-order valence-corrected chi connectivity index (χ1v) is 5.57. The van der Waals surface area contributed by atoms with Crippen molar-refractivity contribution in [3.63, 3.8) is 0 Å². The molecular formula is C11H16ClN3O. The highest BCUT2D eigenvalue weighted by Crippen LogP contribution is 2.14. The molecular weight excluding hydrogens is 226 g/mol. The molecule has 0 aliphatic heterocycles. The number of halogens is 1. The molecule has 0 bridgehead atoms. The standard InChI is InChI=1S/C11H16ClN3O/c1-4-15-11(16)10(12)9(7-14-15)13-6-5-8(2)3/h5,7,13H,4,6H2,1-3H3. The lowest BCUT2D eigenvalue weighted by Crippen LogP contribution is -2.23. The van der Waals surface area contributed by atoms with Gasteiger partial charge >= 0.3 is 0 Å². The number of nitrogens with one attached hydrogen (secondary N) is 1. The first-order chi connectivity index (χ1) is 7.56. The van der Waals surface area contributed by atoms with Gasteiger partial charge in [-0.15, -0.1) is 0 Å². The number of allylic oxidation sites excluding steroid dienone is 1. The zero-order chi connectivity index (χ0) is 12.1. The van der Waals surface area contributed by atoms with Crippen LogP contribution in [0.2, 0.25) is 5.02 Å². The lowest BCUT2D eigenvalue weighted by molar-refractivity contribution is 0.616. The van der Waals surface area contributed by atoms with Crippen LogP contribution in [0.5, 0.6) is 0 Å². The van der Waals surface area contributed by atoms with Gasteiger partial charge < -0.3 is 5.32 Å². The van der Waals surface area contributed by atoms with E-state index in [0.29, 0.717) is 18.8 Å². The minimum Gasteiger partial charge on any atom is -0.379 e. The molecule has 0 radical (unpaired) electrons. The monoisotopic (exact) mass is 241 g/mol. The molecule has 88 valence electrons. The van der Waals surface area contributed by atoms with Gasteiger partial charge in [0.2, 0.25) is 0 Å². The van der Waals surface area contributed by atoms with E-state index in [2.05, 4.69) is 10.4 Å². The van der Waals surface area contributed by atoms with Gasteiger partial charge in [-0.05, 0) is 20.8 Å². The summed E-state index contributed by atoms with van der Waals surface area (Å²) in [5, 5.41) is 7.24. The van der Waals surface area contributed by atoms with Crippen LogP contribution >= 0.6 is 11.6 Å². The van der Waals surface area contributed by atoms with Gasteiger partial charge in [-0.1, -0.05) is 23.3 Å². The van der Waals surface area contributed by atoms with Gasteiger partial charge in [0.15, 0.2) is 0 Å². The maximum atomic E-state index is 11.6. The summed E-state index contributed by atoms with van der Waals surface area (Å²) in [7, 11) is 0. The first-order valence-electron chi connectivity index (χ1n) is 5.19. The van der Waals surface area contributed by atoms with E-state index in [9.17, 15) is 4.79 Å². The Balaban J connectivity index is 2.87. The molecule has 0 spiro atoms. The van der Waals surface area contributed by atoms with Crippen molar-refractivity contribution in [2.75, 3.05) is 11.9 Å². The third-order valence-corrected chi connectivity index (χ3v) is 2.45. The molecule has 0 aliphatic rings. The van der Waals surface area contributed by atoms with Crippen LogP contribution in [-0.2, 0) is 6.54 Å². The summed E-state index contributed by atoms with van der Waals surface area (Å²) in [6.45, 7) is 7.03. The Morgan fingerprint density at radius 2 is 2.31 bits per heavy atom. The summed E-state index contributed by atoms with van der Waals surface area (Å²) in [4.78, 5) is 11.6. The number of hydrogen-bond donors (Lipinski definition) is 1. The number of aromatic nitrogens is 2. The Hall–Kier alpha value is -1.29. The highest BCUT2D eigenvalue weighted by atomic mass is 35.5. The van der Waals surface area contributed by atoms with E-state index < -0.39 is 0 Å². The van der Waals surface area contributed by atoms with Crippen molar-refractivity contribution >= 4 is 17.3 Å². The van der Waals surface area contributed by atoms with Crippen LogP contribution < -0.4 is 10.9 Å². The fourth-order valence-corrected chi connectivity index (χ4v) is 1.39. The van der Waals surface area contributed by atoms with Crippen molar-refractivity contribution in [3.8, 4) is 0 Å². The second kappa shape index (κ2) is 5.70. The highest BCUT2D eigenvalue weighted by Gasteiger charge is 2.06. The molecule has 0 amide bonds. The SMILES string of the molecule is CCn1ncc(NCC=C(C)C)c(Cl)c1=O. The molecule has 16 heavy (non-hydrogen) atoms. The summed E-state index contributed by atoms with van der Waals surface area (Å²) < 4.78 is 1.33. The smallest absolute Gasteiger partial charge is 0.287 e. The maximum absolute atomic E-state index is 11.6. The van der Waals surface area contributed by atoms with Crippen LogP contribution in [0.3, 0.4) is 0 Å². The van der Waals surface area contributed by atoms with Crippen molar-refractivity contribution in [1.29, 1.82) is 0 Å². The second-order valence-electron chi connectivity index (χ2n) is 3.66. The number of hydrogen-bond acceptors (Lipinski definition) is 3. The van der Waals surface area contributed by atoms with E-state index in [4.69, 9.17) is 11.6 Å².